The zero-order valence-corrected chi connectivity index (χ0v) is 11.1. The molecule has 0 saturated carbocycles. The summed E-state index contributed by atoms with van der Waals surface area (Å²) in [6.45, 7) is 3.51. The van der Waals surface area contributed by atoms with E-state index in [2.05, 4.69) is 23.0 Å². The van der Waals surface area contributed by atoms with Crippen molar-refractivity contribution in [2.45, 2.75) is 0 Å². The fraction of sp³-hybridized carbons (Fsp3) is 0.462. The van der Waals surface area contributed by atoms with Crippen LogP contribution in [0.2, 0.25) is 0 Å². The average molecular weight is 252 g/mol. The summed E-state index contributed by atoms with van der Waals surface area (Å²) >= 11 is 1.77. The summed E-state index contributed by atoms with van der Waals surface area (Å²) in [5.41, 5.74) is 1.17. The van der Waals surface area contributed by atoms with Gasteiger partial charge in [0.1, 0.15) is 19.0 Å². The van der Waals surface area contributed by atoms with E-state index in [9.17, 15) is 0 Å². The van der Waals surface area contributed by atoms with Crippen molar-refractivity contribution in [1.82, 2.24) is 0 Å². The van der Waals surface area contributed by atoms with Crippen LogP contribution in [-0.2, 0) is 4.74 Å². The molecule has 0 aromatic heterocycles. The van der Waals surface area contributed by atoms with Crippen molar-refractivity contribution in [2.24, 2.45) is 0 Å². The first-order valence-corrected chi connectivity index (χ1v) is 6.96. The fourth-order valence-corrected chi connectivity index (χ4v) is 2.83. The fourth-order valence-electron chi connectivity index (χ4n) is 2.00. The summed E-state index contributed by atoms with van der Waals surface area (Å²) in [7, 11) is 1.72. The van der Waals surface area contributed by atoms with Crippen molar-refractivity contribution in [3.63, 3.8) is 0 Å². The lowest BCUT2D eigenvalue weighted by atomic mass is 10.2. The molecule has 92 valence electrons. The van der Waals surface area contributed by atoms with E-state index in [0.29, 0.717) is 0 Å². The second-order valence-electron chi connectivity index (χ2n) is 3.81. The van der Waals surface area contributed by atoms with Crippen molar-refractivity contribution in [3.8, 4) is 5.75 Å². The van der Waals surface area contributed by atoms with E-state index < -0.39 is 0 Å². The van der Waals surface area contributed by atoms with E-state index in [4.69, 9.17) is 9.47 Å². The number of ether oxygens (including phenoxy) is 2. The van der Waals surface area contributed by atoms with Gasteiger partial charge >= 0.3 is 0 Å². The van der Waals surface area contributed by atoms with Crippen molar-refractivity contribution in [2.75, 3.05) is 39.7 Å². The van der Waals surface area contributed by atoms with Crippen LogP contribution in [0.3, 0.4) is 0 Å². The molecule has 0 unspecified atom stereocenters. The maximum atomic E-state index is 5.43. The van der Waals surface area contributed by atoms with Gasteiger partial charge in [-0.25, -0.2) is 4.58 Å². The summed E-state index contributed by atoms with van der Waals surface area (Å²) in [5.74, 6) is 0.934. The van der Waals surface area contributed by atoms with Gasteiger partial charge in [-0.05, 0) is 18.4 Å². The number of rotatable bonds is 2. The highest BCUT2D eigenvalue weighted by Gasteiger charge is 2.22. The molecule has 1 aliphatic rings. The number of thioether (sulfide) groups is 1. The lowest BCUT2D eigenvalue weighted by molar-refractivity contribution is -0.546. The first kappa shape index (κ1) is 12.5. The van der Waals surface area contributed by atoms with Crippen LogP contribution in [0.5, 0.6) is 5.75 Å². The summed E-state index contributed by atoms with van der Waals surface area (Å²) in [6, 6.07) is 8.17. The van der Waals surface area contributed by atoms with Gasteiger partial charge in [0.2, 0.25) is 5.04 Å². The SMILES string of the molecule is COc1ccccc1C(SC)=[N+]1CCOCC1. The Morgan fingerprint density at radius 3 is 2.65 bits per heavy atom. The molecule has 17 heavy (non-hydrogen) atoms. The summed E-state index contributed by atoms with van der Waals surface area (Å²) in [4.78, 5) is 0. The average Bonchev–Trinajstić information content (AvgIpc) is 2.41. The molecule has 0 atom stereocenters. The van der Waals surface area contributed by atoms with E-state index in [1.165, 1.54) is 10.6 Å². The maximum Gasteiger partial charge on any atom is 0.245 e. The zero-order valence-electron chi connectivity index (χ0n) is 10.3. The highest BCUT2D eigenvalue weighted by Crippen LogP contribution is 2.22. The van der Waals surface area contributed by atoms with Crippen LogP contribution in [0, 0.1) is 0 Å². The van der Waals surface area contributed by atoms with Gasteiger partial charge in [-0.3, -0.25) is 0 Å². The van der Waals surface area contributed by atoms with Crippen LogP contribution in [-0.4, -0.2) is 49.3 Å². The molecular formula is C13H18NO2S+. The molecule has 1 heterocycles. The largest absolute Gasteiger partial charge is 0.496 e. The Morgan fingerprint density at radius 1 is 1.29 bits per heavy atom. The van der Waals surface area contributed by atoms with Crippen molar-refractivity contribution in [1.29, 1.82) is 0 Å². The molecule has 1 aromatic rings. The first-order valence-electron chi connectivity index (χ1n) is 5.74. The monoisotopic (exact) mass is 252 g/mol. The molecule has 4 heteroatoms. The number of hydrogen-bond acceptors (Lipinski definition) is 3. The van der Waals surface area contributed by atoms with Crippen LogP contribution in [0.25, 0.3) is 0 Å². The molecule has 0 bridgehead atoms. The third kappa shape index (κ3) is 2.82. The summed E-state index contributed by atoms with van der Waals surface area (Å²) in [6.07, 6.45) is 2.11. The summed E-state index contributed by atoms with van der Waals surface area (Å²) < 4.78 is 13.2. The molecule has 2 rings (SSSR count). The molecule has 0 spiro atoms. The first-order chi connectivity index (χ1) is 8.36. The topological polar surface area (TPSA) is 21.5 Å². The molecule has 1 aliphatic heterocycles. The predicted molar refractivity (Wildman–Crippen MR) is 71.4 cm³/mol. The van der Waals surface area contributed by atoms with Crippen LogP contribution >= 0.6 is 11.8 Å². The third-order valence-corrected chi connectivity index (χ3v) is 3.69. The number of hydrogen-bond donors (Lipinski definition) is 0. The van der Waals surface area contributed by atoms with Gasteiger partial charge in [0.05, 0.1) is 12.7 Å². The number of nitrogens with zero attached hydrogens (tertiary/aromatic N) is 1. The lowest BCUT2D eigenvalue weighted by Crippen LogP contribution is -2.32. The molecule has 3 nitrogen and oxygen atoms in total. The minimum absolute atomic E-state index is 0.805. The predicted octanol–water partition coefficient (Wildman–Crippen LogP) is 1.85. The van der Waals surface area contributed by atoms with E-state index in [-0.39, 0.29) is 0 Å². The van der Waals surface area contributed by atoms with Gasteiger partial charge in [-0.15, -0.1) is 0 Å². The normalized spacial score (nSPS) is 15.8. The highest BCUT2D eigenvalue weighted by atomic mass is 32.2. The molecule has 0 radical (unpaired) electrons. The maximum absolute atomic E-state index is 5.43. The molecule has 0 N–H and O–H groups in total. The van der Waals surface area contributed by atoms with E-state index in [0.717, 1.165) is 32.1 Å². The minimum atomic E-state index is 0.805. The number of para-hydroxylation sites is 1. The smallest absolute Gasteiger partial charge is 0.245 e. The van der Waals surface area contributed by atoms with Crippen molar-refractivity contribution >= 4 is 16.8 Å². The zero-order chi connectivity index (χ0) is 12.1. The Bertz CT molecular complexity index is 410. The van der Waals surface area contributed by atoms with Crippen LogP contribution < -0.4 is 4.74 Å². The van der Waals surface area contributed by atoms with Gasteiger partial charge in [-0.2, -0.15) is 0 Å². The van der Waals surface area contributed by atoms with Crippen LogP contribution in [0.4, 0.5) is 0 Å². The quantitative estimate of drug-likeness (QED) is 0.592. The summed E-state index contributed by atoms with van der Waals surface area (Å²) in [5, 5.41) is 1.27. The second-order valence-corrected chi connectivity index (χ2v) is 4.60. The number of benzene rings is 1. The Hall–Kier alpha value is -1.00. The van der Waals surface area contributed by atoms with E-state index >= 15 is 0 Å². The molecular weight excluding hydrogens is 234 g/mol. The van der Waals surface area contributed by atoms with Crippen LogP contribution in [0.1, 0.15) is 5.56 Å². The van der Waals surface area contributed by atoms with Crippen LogP contribution in [0.15, 0.2) is 24.3 Å². The van der Waals surface area contributed by atoms with Crippen molar-refractivity contribution in [3.05, 3.63) is 29.8 Å². The standard InChI is InChI=1S/C13H18NO2S/c1-15-12-6-4-3-5-11(12)13(17-2)14-7-9-16-10-8-14/h3-6H,7-10H2,1-2H3/q+1. The highest BCUT2D eigenvalue weighted by molar-refractivity contribution is 8.13. The molecule has 0 amide bonds. The van der Waals surface area contributed by atoms with Gasteiger partial charge in [-0.1, -0.05) is 23.9 Å². The Kier molecular flexibility index (Phi) is 4.45. The Labute approximate surface area is 106 Å². The molecule has 0 aliphatic carbocycles. The Morgan fingerprint density at radius 2 is 2.00 bits per heavy atom. The van der Waals surface area contributed by atoms with Crippen molar-refractivity contribution < 1.29 is 14.0 Å². The molecule has 1 aromatic carbocycles. The van der Waals surface area contributed by atoms with Gasteiger partial charge in [0, 0.05) is 0 Å². The van der Waals surface area contributed by atoms with E-state index in [1.807, 2.05) is 12.1 Å². The second kappa shape index (κ2) is 6.07. The van der Waals surface area contributed by atoms with E-state index in [1.54, 1.807) is 18.9 Å². The van der Waals surface area contributed by atoms with Gasteiger partial charge in [0.25, 0.3) is 0 Å². The lowest BCUT2D eigenvalue weighted by Gasteiger charge is -2.15. The van der Waals surface area contributed by atoms with Gasteiger partial charge in [0.15, 0.2) is 13.1 Å². The minimum Gasteiger partial charge on any atom is -0.496 e. The number of morpholine rings is 1. The molecule has 1 saturated heterocycles. The third-order valence-electron chi connectivity index (χ3n) is 2.83. The Balaban J connectivity index is 2.40. The molecule has 1 fully saturated rings. The number of methoxy groups -OCH3 is 1. The van der Waals surface area contributed by atoms with Gasteiger partial charge < -0.3 is 9.47 Å².